The molecule has 7 nitrogen and oxygen atoms in total. The smallest absolute Gasteiger partial charge is 0.308 e. The Balaban J connectivity index is 2.25. The van der Waals surface area contributed by atoms with Crippen LogP contribution in [0.2, 0.25) is 0 Å². The van der Waals surface area contributed by atoms with Crippen LogP contribution in [-0.2, 0) is 11.3 Å². The van der Waals surface area contributed by atoms with Gasteiger partial charge in [0.25, 0.3) is 0 Å². The molecule has 114 valence electrons. The molecule has 0 aromatic carbocycles. The number of furan rings is 1. The second kappa shape index (κ2) is 5.67. The number of aliphatic carboxylic acids is 1. The molecule has 0 radical (unpaired) electrons. The van der Waals surface area contributed by atoms with Crippen molar-refractivity contribution in [3.63, 3.8) is 0 Å². The third-order valence-corrected chi connectivity index (χ3v) is 3.23. The predicted molar refractivity (Wildman–Crippen MR) is 75.5 cm³/mol. The van der Waals surface area contributed by atoms with Gasteiger partial charge in [0.15, 0.2) is 5.82 Å². The van der Waals surface area contributed by atoms with E-state index in [1.807, 2.05) is 27.7 Å². The molecule has 0 aliphatic carbocycles. The second-order valence-corrected chi connectivity index (χ2v) is 6.38. The van der Waals surface area contributed by atoms with E-state index >= 15 is 0 Å². The number of tetrazole rings is 1. The number of aromatic nitrogens is 4. The van der Waals surface area contributed by atoms with Gasteiger partial charge in [-0.2, -0.15) is 0 Å². The lowest BCUT2D eigenvalue weighted by atomic mass is 9.84. The number of rotatable bonds is 5. The lowest BCUT2D eigenvalue weighted by molar-refractivity contribution is -0.143. The Hall–Kier alpha value is -2.18. The first-order chi connectivity index (χ1) is 9.78. The van der Waals surface area contributed by atoms with Crippen LogP contribution in [0, 0.1) is 18.3 Å². The lowest BCUT2D eigenvalue weighted by Gasteiger charge is -2.23. The number of hydrogen-bond donors (Lipinski definition) is 1. The average Bonchev–Trinajstić information content (AvgIpc) is 2.95. The molecule has 0 fully saturated rings. The molecule has 0 saturated carbocycles. The van der Waals surface area contributed by atoms with E-state index in [-0.39, 0.29) is 12.0 Å². The molecule has 0 aliphatic heterocycles. The third-order valence-electron chi connectivity index (χ3n) is 3.23. The number of carboxylic acids is 1. The van der Waals surface area contributed by atoms with E-state index < -0.39 is 11.9 Å². The van der Waals surface area contributed by atoms with E-state index in [0.29, 0.717) is 18.0 Å². The van der Waals surface area contributed by atoms with Crippen molar-refractivity contribution in [2.45, 2.75) is 40.7 Å². The van der Waals surface area contributed by atoms with Gasteiger partial charge < -0.3 is 9.52 Å². The molecule has 1 N–H and O–H groups in total. The average molecular weight is 292 g/mol. The van der Waals surface area contributed by atoms with Gasteiger partial charge in [-0.15, -0.1) is 5.10 Å². The molecule has 7 heteroatoms. The molecule has 0 amide bonds. The Morgan fingerprint density at radius 2 is 2.19 bits per heavy atom. The van der Waals surface area contributed by atoms with Gasteiger partial charge in [-0.05, 0) is 35.3 Å². The summed E-state index contributed by atoms with van der Waals surface area (Å²) in [6.45, 7) is 8.11. The number of nitrogens with zero attached hydrogens (tertiary/aromatic N) is 4. The zero-order chi connectivity index (χ0) is 15.6. The normalized spacial score (nSPS) is 13.3. The van der Waals surface area contributed by atoms with Gasteiger partial charge in [-0.3, -0.25) is 4.79 Å². The monoisotopic (exact) mass is 292 g/mol. The standard InChI is InChI=1S/C14H20N4O3/c1-9-11(5-6-21-9)12-15-16-17-18(12)8-10(13(19)20)7-14(2,3)4/h5-6,10H,7-8H2,1-4H3,(H,19,20). The fraction of sp³-hybridized carbons (Fsp3) is 0.571. The van der Waals surface area contributed by atoms with Crippen molar-refractivity contribution in [1.82, 2.24) is 20.2 Å². The van der Waals surface area contributed by atoms with Gasteiger partial charge in [0.1, 0.15) is 5.76 Å². The molecular formula is C14H20N4O3. The van der Waals surface area contributed by atoms with Gasteiger partial charge in [0, 0.05) is 0 Å². The molecule has 0 aliphatic rings. The maximum absolute atomic E-state index is 11.5. The van der Waals surface area contributed by atoms with E-state index in [1.165, 1.54) is 4.68 Å². The molecule has 2 aromatic rings. The van der Waals surface area contributed by atoms with Crippen molar-refractivity contribution >= 4 is 5.97 Å². The molecule has 2 aromatic heterocycles. The number of carboxylic acid groups (broad SMARTS) is 1. The van der Waals surface area contributed by atoms with E-state index in [9.17, 15) is 9.90 Å². The number of hydrogen-bond acceptors (Lipinski definition) is 5. The van der Waals surface area contributed by atoms with Crippen molar-refractivity contribution in [2.24, 2.45) is 11.3 Å². The molecule has 0 saturated heterocycles. The van der Waals surface area contributed by atoms with Crippen molar-refractivity contribution in [3.05, 3.63) is 18.1 Å². The van der Waals surface area contributed by atoms with Crippen LogP contribution in [0.5, 0.6) is 0 Å². The molecular weight excluding hydrogens is 272 g/mol. The van der Waals surface area contributed by atoms with Crippen molar-refractivity contribution in [1.29, 1.82) is 0 Å². The summed E-state index contributed by atoms with van der Waals surface area (Å²) in [5.41, 5.74) is 0.697. The predicted octanol–water partition coefficient (Wildman–Crippen LogP) is 2.38. The Bertz CT molecular complexity index is 624. The molecule has 0 spiro atoms. The summed E-state index contributed by atoms with van der Waals surface area (Å²) < 4.78 is 6.78. The highest BCUT2D eigenvalue weighted by Gasteiger charge is 2.27. The first kappa shape index (κ1) is 15.2. The molecule has 21 heavy (non-hydrogen) atoms. The number of aryl methyl sites for hydroxylation is 1. The first-order valence-electron chi connectivity index (χ1n) is 6.81. The largest absolute Gasteiger partial charge is 0.481 e. The van der Waals surface area contributed by atoms with Gasteiger partial charge >= 0.3 is 5.97 Å². The summed E-state index contributed by atoms with van der Waals surface area (Å²) in [6, 6.07) is 1.77. The fourth-order valence-electron chi connectivity index (χ4n) is 2.32. The van der Waals surface area contributed by atoms with Crippen LogP contribution >= 0.6 is 0 Å². The summed E-state index contributed by atoms with van der Waals surface area (Å²) >= 11 is 0. The molecule has 2 heterocycles. The Morgan fingerprint density at radius 3 is 2.71 bits per heavy atom. The second-order valence-electron chi connectivity index (χ2n) is 6.38. The van der Waals surface area contributed by atoms with Crippen molar-refractivity contribution in [3.8, 4) is 11.4 Å². The highest BCUT2D eigenvalue weighted by molar-refractivity contribution is 5.70. The minimum Gasteiger partial charge on any atom is -0.481 e. The Labute approximate surface area is 123 Å². The summed E-state index contributed by atoms with van der Waals surface area (Å²) in [5.74, 6) is -0.148. The topological polar surface area (TPSA) is 94.0 Å². The molecule has 2 rings (SSSR count). The van der Waals surface area contributed by atoms with Crippen LogP contribution < -0.4 is 0 Å². The lowest BCUT2D eigenvalue weighted by Crippen LogP contribution is -2.26. The van der Waals surface area contributed by atoms with Crippen LogP contribution in [-0.4, -0.2) is 31.3 Å². The van der Waals surface area contributed by atoms with Gasteiger partial charge in [0.05, 0.1) is 24.3 Å². The quantitative estimate of drug-likeness (QED) is 0.909. The summed E-state index contributed by atoms with van der Waals surface area (Å²) in [4.78, 5) is 11.5. The third kappa shape index (κ3) is 3.68. The van der Waals surface area contributed by atoms with E-state index in [1.54, 1.807) is 12.3 Å². The SMILES string of the molecule is Cc1occc1-c1nnnn1CC(CC(C)(C)C)C(=O)O. The minimum absolute atomic E-state index is 0.0806. The van der Waals surface area contributed by atoms with Crippen LogP contribution in [0.1, 0.15) is 33.0 Å². The summed E-state index contributed by atoms with van der Waals surface area (Å²) in [7, 11) is 0. The van der Waals surface area contributed by atoms with E-state index in [2.05, 4.69) is 15.5 Å². The van der Waals surface area contributed by atoms with Crippen LogP contribution in [0.4, 0.5) is 0 Å². The maximum atomic E-state index is 11.5. The fourth-order valence-corrected chi connectivity index (χ4v) is 2.32. The van der Waals surface area contributed by atoms with Crippen LogP contribution in [0.25, 0.3) is 11.4 Å². The molecule has 0 bridgehead atoms. The van der Waals surface area contributed by atoms with Gasteiger partial charge in [0.2, 0.25) is 0 Å². The Kier molecular flexibility index (Phi) is 4.11. The van der Waals surface area contributed by atoms with Crippen molar-refractivity contribution in [2.75, 3.05) is 0 Å². The summed E-state index contributed by atoms with van der Waals surface area (Å²) in [5, 5.41) is 21.0. The van der Waals surface area contributed by atoms with Crippen LogP contribution in [0.15, 0.2) is 16.7 Å². The van der Waals surface area contributed by atoms with E-state index in [4.69, 9.17) is 4.42 Å². The highest BCUT2D eigenvalue weighted by atomic mass is 16.4. The summed E-state index contributed by atoms with van der Waals surface area (Å²) in [6.07, 6.45) is 2.11. The Morgan fingerprint density at radius 1 is 1.48 bits per heavy atom. The van der Waals surface area contributed by atoms with E-state index in [0.717, 1.165) is 5.56 Å². The molecule has 1 atom stereocenters. The van der Waals surface area contributed by atoms with Gasteiger partial charge in [-0.1, -0.05) is 20.8 Å². The minimum atomic E-state index is -0.838. The molecule has 1 unspecified atom stereocenters. The first-order valence-corrected chi connectivity index (χ1v) is 6.81. The zero-order valence-corrected chi connectivity index (χ0v) is 12.7. The highest BCUT2D eigenvalue weighted by Crippen LogP contribution is 2.27. The van der Waals surface area contributed by atoms with Crippen molar-refractivity contribution < 1.29 is 14.3 Å². The van der Waals surface area contributed by atoms with Crippen LogP contribution in [0.3, 0.4) is 0 Å². The number of carbonyl (C=O) groups is 1. The zero-order valence-electron chi connectivity index (χ0n) is 12.7. The van der Waals surface area contributed by atoms with Gasteiger partial charge in [-0.25, -0.2) is 4.68 Å². The maximum Gasteiger partial charge on any atom is 0.308 e.